The fourth-order valence-corrected chi connectivity index (χ4v) is 6.43. The average molecular weight is 1050 g/mol. The zero-order chi connectivity index (χ0) is 36.6. The Balaban J connectivity index is 0.000000202. The van der Waals surface area contributed by atoms with E-state index in [1.807, 2.05) is 73.1 Å². The second kappa shape index (κ2) is 22.1. The summed E-state index contributed by atoms with van der Waals surface area (Å²) in [7, 11) is -1.06. The van der Waals surface area contributed by atoms with E-state index in [0.717, 1.165) is 43.2 Å². The van der Waals surface area contributed by atoms with Gasteiger partial charge in [0.2, 0.25) is 5.71 Å². The number of nitrogens with zero attached hydrogens (tertiary/aromatic N) is 1. The van der Waals surface area contributed by atoms with E-state index in [-0.39, 0.29) is 10.6 Å². The third-order valence-electron chi connectivity index (χ3n) is 6.73. The number of nitro benzene ring substituents is 1. The van der Waals surface area contributed by atoms with Gasteiger partial charge in [0.25, 0.3) is 5.69 Å². The first kappa shape index (κ1) is 42.3. The molecule has 0 atom stereocenters. The van der Waals surface area contributed by atoms with Gasteiger partial charge in [-0.2, -0.15) is 0 Å². The van der Waals surface area contributed by atoms with Gasteiger partial charge in [-0.3, -0.25) is 10.1 Å². The van der Waals surface area contributed by atoms with Crippen molar-refractivity contribution in [1.29, 1.82) is 0 Å². The van der Waals surface area contributed by atoms with Gasteiger partial charge in [0.1, 0.15) is 11.2 Å². The van der Waals surface area contributed by atoms with Crippen molar-refractivity contribution in [2.24, 2.45) is 0 Å². The second-order valence-electron chi connectivity index (χ2n) is 9.66. The molecule has 0 spiro atoms. The second-order valence-corrected chi connectivity index (χ2v) is 12.7. The van der Waals surface area contributed by atoms with E-state index in [9.17, 15) is 10.1 Å². The summed E-state index contributed by atoms with van der Waals surface area (Å²) in [5, 5.41) is 15.6. The third-order valence-corrected chi connectivity index (χ3v) is 9.12. The van der Waals surface area contributed by atoms with Crippen molar-refractivity contribution < 1.29 is 27.3 Å². The minimum absolute atomic E-state index is 0.0564. The molecule has 1 N–H and O–H groups in total. The van der Waals surface area contributed by atoms with E-state index in [2.05, 4.69) is 106 Å². The Bertz CT molecular complexity index is 2090. The molecule has 9 nitrogen and oxygen atoms in total. The van der Waals surface area contributed by atoms with Crippen LogP contribution in [0.3, 0.4) is 0 Å². The van der Waals surface area contributed by atoms with Crippen LogP contribution in [0.25, 0.3) is 55.1 Å². The molecule has 0 aliphatic heterocycles. The van der Waals surface area contributed by atoms with Crippen molar-refractivity contribution in [1.82, 2.24) is 4.98 Å². The monoisotopic (exact) mass is 1050 g/mol. The number of fused-ring (bicyclic) bond motifs is 6. The predicted molar refractivity (Wildman–Crippen MR) is 231 cm³/mol. The van der Waals surface area contributed by atoms with Crippen molar-refractivity contribution >= 4 is 135 Å². The molecule has 0 unspecified atom stereocenters. The number of rotatable bonds is 8. The number of hydrogen-bond donors (Lipinski definition) is 1. The Kier molecular flexibility index (Phi) is 18.7. The molecule has 7 rings (SSSR count). The van der Waals surface area contributed by atoms with E-state index in [4.69, 9.17) is 22.4 Å². The molecule has 50 heavy (non-hydrogen) atoms. The van der Waals surface area contributed by atoms with Gasteiger partial charge >= 0.3 is 8.60 Å². The Morgan fingerprint density at radius 3 is 1.92 bits per heavy atom. The van der Waals surface area contributed by atoms with Gasteiger partial charge in [0.05, 0.1) is 47.5 Å². The van der Waals surface area contributed by atoms with Crippen molar-refractivity contribution in [3.63, 3.8) is 0 Å². The van der Waals surface area contributed by atoms with E-state index in [0.29, 0.717) is 29.9 Å². The lowest BCUT2D eigenvalue weighted by Gasteiger charge is -2.12. The largest absolute Gasteiger partial charge is 0.464 e. The third kappa shape index (κ3) is 11.0. The molecule has 266 valence electrons. The Morgan fingerprint density at radius 2 is 1.30 bits per heavy atom. The lowest BCUT2D eigenvalue weighted by atomic mass is 10.0. The van der Waals surface area contributed by atoms with E-state index >= 15 is 0 Å². The first-order chi connectivity index (χ1) is 24.3. The van der Waals surface area contributed by atoms with Crippen LogP contribution in [0.15, 0.2) is 109 Å². The number of H-pyrrole nitrogens is 1. The van der Waals surface area contributed by atoms with Crippen LogP contribution in [0.1, 0.15) is 20.8 Å². The summed E-state index contributed by atoms with van der Waals surface area (Å²) in [5.41, 5.74) is 4.93. The molecule has 0 radical (unpaired) electrons. The number of nitrogens with one attached hydrogen (secondary N) is 1. The normalized spacial score (nSPS) is 10.5. The van der Waals surface area contributed by atoms with Crippen molar-refractivity contribution in [2.75, 3.05) is 29.7 Å². The van der Waals surface area contributed by atoms with Crippen LogP contribution in [0.4, 0.5) is 5.69 Å². The van der Waals surface area contributed by atoms with Crippen LogP contribution in [0.2, 0.25) is 0 Å². The average Bonchev–Trinajstić information content (AvgIpc) is 3.83. The van der Waals surface area contributed by atoms with Gasteiger partial charge in [-0.05, 0) is 67.0 Å². The minimum Gasteiger partial charge on any atom is -0.464 e. The van der Waals surface area contributed by atoms with E-state index < -0.39 is 8.60 Å². The van der Waals surface area contributed by atoms with E-state index in [1.165, 1.54) is 16.8 Å². The maximum Gasteiger partial charge on any atom is 0.332 e. The van der Waals surface area contributed by atoms with Crippen LogP contribution < -0.4 is 0 Å². The molecule has 3 heterocycles. The molecule has 0 aliphatic carbocycles. The molecule has 0 amide bonds. The molecule has 0 fully saturated rings. The number of para-hydroxylation sites is 2. The fourth-order valence-electron chi connectivity index (χ4n) is 4.86. The topological polar surface area (TPSA) is 113 Å². The standard InChI is InChI=1S/C14H8BrNO3.C14H8BrNO.C6H15O3P.2CH3I/c15-9-5-6-10(13(7-9)16(17)18)12-8-19-14-4-2-1-3-11(12)14;15-8-5-6-9-11(7-8)16-14-13(9)10-3-1-2-4-12(10)17-14;1-4-7-10(8-5-2)9-6-3;2*1-2/h1-8H;1-7,16H;4-6H2,1-3H3;2*1H3. The number of aromatic amines is 1. The van der Waals surface area contributed by atoms with Crippen LogP contribution in [-0.4, -0.2) is 39.6 Å². The summed E-state index contributed by atoms with van der Waals surface area (Å²) >= 11 is 11.0. The van der Waals surface area contributed by atoms with Gasteiger partial charge in [0.15, 0.2) is 0 Å². The number of furan rings is 2. The number of nitro groups is 1. The molecule has 0 aliphatic rings. The van der Waals surface area contributed by atoms with Crippen LogP contribution >= 0.6 is 85.6 Å². The Labute approximate surface area is 336 Å². The summed E-state index contributed by atoms with van der Waals surface area (Å²) in [6, 6.07) is 26.8. The smallest absolute Gasteiger partial charge is 0.332 e. The Hall–Kier alpha value is -2.11. The first-order valence-electron chi connectivity index (χ1n) is 15.3. The summed E-state index contributed by atoms with van der Waals surface area (Å²) in [6.45, 7) is 7.71. The summed E-state index contributed by atoms with van der Waals surface area (Å²) in [4.78, 5) is 18.0. The molecular formula is C36H37Br2I2N2O7P. The predicted octanol–water partition coefficient (Wildman–Crippen LogP) is 14.0. The first-order valence-corrected chi connectivity index (χ1v) is 22.3. The Morgan fingerprint density at radius 1 is 0.740 bits per heavy atom. The highest BCUT2D eigenvalue weighted by atomic mass is 127. The molecule has 7 aromatic rings. The molecule has 3 aromatic heterocycles. The maximum atomic E-state index is 11.2. The van der Waals surface area contributed by atoms with Crippen LogP contribution in [0.5, 0.6) is 0 Å². The van der Waals surface area contributed by atoms with Crippen molar-refractivity contribution in [3.8, 4) is 11.1 Å². The van der Waals surface area contributed by atoms with Gasteiger partial charge < -0.3 is 27.4 Å². The van der Waals surface area contributed by atoms with Crippen molar-refractivity contribution in [2.45, 2.75) is 20.8 Å². The molecule has 0 saturated carbocycles. The summed E-state index contributed by atoms with van der Waals surface area (Å²) in [6.07, 6.45) is 1.56. The quantitative estimate of drug-likeness (QED) is 0.0530. The van der Waals surface area contributed by atoms with Crippen molar-refractivity contribution in [3.05, 3.63) is 110 Å². The van der Waals surface area contributed by atoms with Crippen LogP contribution in [0, 0.1) is 10.1 Å². The van der Waals surface area contributed by atoms with Gasteiger partial charge in [-0.25, -0.2) is 0 Å². The number of hydrogen-bond acceptors (Lipinski definition) is 7. The van der Waals surface area contributed by atoms with Gasteiger partial charge in [-0.1, -0.05) is 120 Å². The molecule has 0 saturated heterocycles. The number of aromatic nitrogens is 1. The number of benzene rings is 4. The molecular weight excluding hydrogens is 1020 g/mol. The SMILES string of the molecule is Brc1ccc2c(c1)[nH]c1oc3ccccc3c12.CCOP(OCC)OCC.CI.CI.O=[N+]([O-])c1cc(Br)ccc1-c1coc2ccccc12. The van der Waals surface area contributed by atoms with Gasteiger partial charge in [-0.15, -0.1) is 0 Å². The minimum atomic E-state index is -1.06. The molecule has 14 heteroatoms. The molecule has 0 bridgehead atoms. The lowest BCUT2D eigenvalue weighted by molar-refractivity contribution is -0.384. The fraction of sp³-hybridized carbons (Fsp3) is 0.222. The maximum absolute atomic E-state index is 11.2. The van der Waals surface area contributed by atoms with Crippen LogP contribution in [-0.2, 0) is 13.6 Å². The van der Waals surface area contributed by atoms with E-state index in [1.54, 1.807) is 18.4 Å². The number of alkyl halides is 2. The molecule has 4 aromatic carbocycles. The highest BCUT2D eigenvalue weighted by Crippen LogP contribution is 2.39. The highest BCUT2D eigenvalue weighted by Gasteiger charge is 2.19. The van der Waals surface area contributed by atoms with Gasteiger partial charge in [0, 0.05) is 36.7 Å². The highest BCUT2D eigenvalue weighted by molar-refractivity contribution is 14.1. The zero-order valence-electron chi connectivity index (χ0n) is 28.0. The summed E-state index contributed by atoms with van der Waals surface area (Å²) < 4.78 is 28.4. The summed E-state index contributed by atoms with van der Waals surface area (Å²) in [5.74, 6) is 0. The lowest BCUT2D eigenvalue weighted by Crippen LogP contribution is -1.94. The zero-order valence-corrected chi connectivity index (χ0v) is 36.4. The number of halogens is 4.